The van der Waals surface area contributed by atoms with E-state index in [2.05, 4.69) is 9.88 Å². The van der Waals surface area contributed by atoms with Gasteiger partial charge in [0.05, 0.1) is 17.2 Å². The highest BCUT2D eigenvalue weighted by Gasteiger charge is 2.33. The number of aromatic nitrogens is 2. The molecule has 140 valence electrons. The minimum Gasteiger partial charge on any atom is -0.369 e. The summed E-state index contributed by atoms with van der Waals surface area (Å²) >= 11 is 0. The van der Waals surface area contributed by atoms with E-state index in [-0.39, 0.29) is 5.56 Å². The molecule has 2 aliphatic rings. The molecule has 1 aromatic carbocycles. The van der Waals surface area contributed by atoms with Crippen molar-refractivity contribution in [2.45, 2.75) is 12.8 Å². The Balaban J connectivity index is 1.50. The van der Waals surface area contributed by atoms with Gasteiger partial charge in [0, 0.05) is 52.0 Å². The Morgan fingerprint density at radius 1 is 0.962 bits per heavy atom. The van der Waals surface area contributed by atoms with Gasteiger partial charge in [-0.1, -0.05) is 0 Å². The van der Waals surface area contributed by atoms with Crippen LogP contribution in [0.25, 0.3) is 10.9 Å². The fourth-order valence-corrected chi connectivity index (χ4v) is 5.33. The van der Waals surface area contributed by atoms with Crippen LogP contribution in [0.15, 0.2) is 29.3 Å². The Labute approximate surface area is 152 Å². The average Bonchev–Trinajstić information content (AvgIpc) is 3.20. The molecule has 2 aromatic rings. The summed E-state index contributed by atoms with van der Waals surface area (Å²) in [5.74, 6) is 0. The van der Waals surface area contributed by atoms with Crippen molar-refractivity contribution >= 4 is 26.8 Å². The summed E-state index contributed by atoms with van der Waals surface area (Å²) in [6.07, 6.45) is 3.42. The molecule has 2 aliphatic heterocycles. The van der Waals surface area contributed by atoms with Crippen molar-refractivity contribution in [3.8, 4) is 0 Å². The first kappa shape index (κ1) is 17.4. The lowest BCUT2D eigenvalue weighted by Crippen LogP contribution is -2.52. The van der Waals surface area contributed by atoms with Crippen LogP contribution in [-0.4, -0.2) is 65.8 Å². The number of anilines is 1. The van der Waals surface area contributed by atoms with Gasteiger partial charge in [-0.15, -0.1) is 0 Å². The Morgan fingerprint density at radius 2 is 1.62 bits per heavy atom. The maximum atomic E-state index is 12.7. The third kappa shape index (κ3) is 3.00. The summed E-state index contributed by atoms with van der Waals surface area (Å²) in [6.45, 7) is 3.47. The van der Waals surface area contributed by atoms with Crippen LogP contribution in [0.5, 0.6) is 0 Å². The zero-order valence-electron chi connectivity index (χ0n) is 14.8. The molecule has 4 rings (SSSR count). The smallest absolute Gasteiger partial charge is 0.282 e. The quantitative estimate of drug-likeness (QED) is 0.774. The molecule has 0 amide bonds. The van der Waals surface area contributed by atoms with Gasteiger partial charge in [0.25, 0.3) is 15.8 Å². The molecule has 0 aliphatic carbocycles. The predicted octanol–water partition coefficient (Wildman–Crippen LogP) is 0.396. The third-order valence-electron chi connectivity index (χ3n) is 5.22. The van der Waals surface area contributed by atoms with Crippen molar-refractivity contribution in [3.63, 3.8) is 0 Å². The average molecular weight is 377 g/mol. The highest BCUT2D eigenvalue weighted by molar-refractivity contribution is 7.86. The van der Waals surface area contributed by atoms with E-state index < -0.39 is 10.2 Å². The van der Waals surface area contributed by atoms with Gasteiger partial charge in [-0.05, 0) is 31.0 Å². The summed E-state index contributed by atoms with van der Waals surface area (Å²) in [5.41, 5.74) is 1.57. The van der Waals surface area contributed by atoms with Crippen molar-refractivity contribution in [2.24, 2.45) is 7.05 Å². The van der Waals surface area contributed by atoms with Crippen molar-refractivity contribution in [1.82, 2.24) is 18.2 Å². The number of aryl methyl sites for hydroxylation is 1. The summed E-state index contributed by atoms with van der Waals surface area (Å²) < 4.78 is 30.0. The van der Waals surface area contributed by atoms with Crippen LogP contribution in [-0.2, 0) is 17.3 Å². The highest BCUT2D eigenvalue weighted by atomic mass is 32.2. The normalized spacial score (nSPS) is 20.1. The number of rotatable bonds is 3. The number of hydrogen-bond donors (Lipinski definition) is 0. The molecule has 26 heavy (non-hydrogen) atoms. The molecule has 0 atom stereocenters. The number of piperazine rings is 1. The Bertz CT molecular complexity index is 974. The van der Waals surface area contributed by atoms with E-state index in [0.717, 1.165) is 18.5 Å². The van der Waals surface area contributed by atoms with Crippen LogP contribution in [0.4, 0.5) is 5.69 Å². The van der Waals surface area contributed by atoms with E-state index in [1.54, 1.807) is 21.7 Å². The van der Waals surface area contributed by atoms with E-state index in [0.29, 0.717) is 50.2 Å². The van der Waals surface area contributed by atoms with E-state index >= 15 is 0 Å². The molecule has 0 N–H and O–H groups in total. The van der Waals surface area contributed by atoms with Gasteiger partial charge in [0.15, 0.2) is 0 Å². The fourth-order valence-electron chi connectivity index (χ4n) is 3.65. The standard InChI is InChI=1S/C17H23N5O3S/c1-19-13-18-16-12-14(4-5-15(16)17(19)23)20-8-10-22(11-9-20)26(24,25)21-6-2-3-7-21/h4-5,12-13H,2-3,6-11H2,1H3. The van der Waals surface area contributed by atoms with E-state index in [1.165, 1.54) is 10.9 Å². The minimum atomic E-state index is -3.33. The van der Waals surface area contributed by atoms with Gasteiger partial charge < -0.3 is 9.47 Å². The maximum Gasteiger partial charge on any atom is 0.282 e. The van der Waals surface area contributed by atoms with Crippen molar-refractivity contribution < 1.29 is 8.42 Å². The zero-order chi connectivity index (χ0) is 18.3. The van der Waals surface area contributed by atoms with Crippen molar-refractivity contribution in [3.05, 3.63) is 34.9 Å². The highest BCUT2D eigenvalue weighted by Crippen LogP contribution is 2.23. The van der Waals surface area contributed by atoms with Crippen LogP contribution < -0.4 is 10.5 Å². The number of nitrogens with zero attached hydrogens (tertiary/aromatic N) is 5. The molecule has 2 saturated heterocycles. The lowest BCUT2D eigenvalue weighted by atomic mass is 10.2. The van der Waals surface area contributed by atoms with Gasteiger partial charge in [0.1, 0.15) is 0 Å². The summed E-state index contributed by atoms with van der Waals surface area (Å²) in [7, 11) is -1.65. The summed E-state index contributed by atoms with van der Waals surface area (Å²) in [5, 5.41) is 0.592. The van der Waals surface area contributed by atoms with Crippen molar-refractivity contribution in [1.29, 1.82) is 0 Å². The van der Waals surface area contributed by atoms with Crippen LogP contribution >= 0.6 is 0 Å². The molecule has 3 heterocycles. The third-order valence-corrected chi connectivity index (χ3v) is 7.26. The van der Waals surface area contributed by atoms with Gasteiger partial charge in [-0.3, -0.25) is 4.79 Å². The number of benzene rings is 1. The molecule has 0 unspecified atom stereocenters. The van der Waals surface area contributed by atoms with E-state index in [1.807, 2.05) is 12.1 Å². The Kier molecular flexibility index (Phi) is 4.45. The SMILES string of the molecule is Cn1cnc2cc(N3CCN(S(=O)(=O)N4CCCC4)CC3)ccc2c1=O. The van der Waals surface area contributed by atoms with Gasteiger partial charge in [-0.25, -0.2) is 4.98 Å². The topological polar surface area (TPSA) is 78.8 Å². The molecule has 0 radical (unpaired) electrons. The molecule has 0 bridgehead atoms. The molecule has 1 aromatic heterocycles. The largest absolute Gasteiger partial charge is 0.369 e. The zero-order valence-corrected chi connectivity index (χ0v) is 15.7. The lowest BCUT2D eigenvalue weighted by Gasteiger charge is -2.37. The Hall–Kier alpha value is -1.97. The Morgan fingerprint density at radius 3 is 2.31 bits per heavy atom. The molecule has 8 nitrogen and oxygen atoms in total. The van der Waals surface area contributed by atoms with Gasteiger partial charge in [-0.2, -0.15) is 17.0 Å². The predicted molar refractivity (Wildman–Crippen MR) is 100 cm³/mol. The first-order chi connectivity index (χ1) is 12.5. The van der Waals surface area contributed by atoms with E-state index in [4.69, 9.17) is 0 Å². The van der Waals surface area contributed by atoms with Crippen LogP contribution in [0.2, 0.25) is 0 Å². The lowest BCUT2D eigenvalue weighted by molar-refractivity contribution is 0.343. The molecule has 0 saturated carbocycles. The molecular weight excluding hydrogens is 354 g/mol. The molecule has 9 heteroatoms. The monoisotopic (exact) mass is 377 g/mol. The minimum absolute atomic E-state index is 0.0666. The fraction of sp³-hybridized carbons (Fsp3) is 0.529. The van der Waals surface area contributed by atoms with Gasteiger partial charge in [0.2, 0.25) is 0 Å². The summed E-state index contributed by atoms with van der Waals surface area (Å²) in [4.78, 5) is 18.6. The second-order valence-corrected chi connectivity index (χ2v) is 8.79. The van der Waals surface area contributed by atoms with Gasteiger partial charge >= 0.3 is 0 Å². The first-order valence-corrected chi connectivity index (χ1v) is 10.3. The number of fused-ring (bicyclic) bond motifs is 1. The molecule has 2 fully saturated rings. The van der Waals surface area contributed by atoms with Crippen LogP contribution in [0.1, 0.15) is 12.8 Å². The maximum absolute atomic E-state index is 12.7. The van der Waals surface area contributed by atoms with Crippen LogP contribution in [0, 0.1) is 0 Å². The van der Waals surface area contributed by atoms with Crippen molar-refractivity contribution in [2.75, 3.05) is 44.2 Å². The second kappa shape index (κ2) is 6.64. The summed E-state index contributed by atoms with van der Waals surface area (Å²) in [6, 6.07) is 5.62. The first-order valence-electron chi connectivity index (χ1n) is 8.92. The van der Waals surface area contributed by atoms with Crippen LogP contribution in [0.3, 0.4) is 0 Å². The second-order valence-electron chi connectivity index (χ2n) is 6.86. The number of hydrogen-bond acceptors (Lipinski definition) is 5. The van der Waals surface area contributed by atoms with E-state index in [9.17, 15) is 13.2 Å². The molecule has 0 spiro atoms. The molecular formula is C17H23N5O3S.